The van der Waals surface area contributed by atoms with E-state index in [-0.39, 0.29) is 25.4 Å². The molecule has 46 heavy (non-hydrogen) atoms. The Morgan fingerprint density at radius 3 is 2.33 bits per heavy atom. The Bertz CT molecular complexity index is 1940. The molecule has 0 unspecified atom stereocenters. The number of hydrogen-bond donors (Lipinski definition) is 0. The first-order valence-corrected chi connectivity index (χ1v) is 15.9. The topological polar surface area (TPSA) is 105 Å². The Kier molecular flexibility index (Phi) is 10.2. The summed E-state index contributed by atoms with van der Waals surface area (Å²) in [7, 11) is 1.50. The van der Waals surface area contributed by atoms with Gasteiger partial charge in [-0.3, -0.25) is 9.36 Å². The molecule has 0 N–H and O–H groups in total. The van der Waals surface area contributed by atoms with E-state index in [9.17, 15) is 14.4 Å². The molecule has 1 aliphatic rings. The van der Waals surface area contributed by atoms with E-state index < -0.39 is 18.0 Å². The van der Waals surface area contributed by atoms with E-state index in [1.165, 1.54) is 18.4 Å². The molecule has 1 atom stereocenters. The highest BCUT2D eigenvalue weighted by molar-refractivity contribution is 7.07. The van der Waals surface area contributed by atoms with Gasteiger partial charge in [-0.05, 0) is 54.7 Å². The van der Waals surface area contributed by atoms with Crippen molar-refractivity contribution >= 4 is 35.0 Å². The van der Waals surface area contributed by atoms with Crippen molar-refractivity contribution in [2.24, 2.45) is 4.99 Å². The van der Waals surface area contributed by atoms with Gasteiger partial charge in [0.15, 0.2) is 22.9 Å². The van der Waals surface area contributed by atoms with Gasteiger partial charge in [-0.2, -0.15) is 0 Å². The summed E-state index contributed by atoms with van der Waals surface area (Å²) in [5.74, 6) is 0.0612. The molecule has 0 spiro atoms. The minimum absolute atomic E-state index is 0.176. The van der Waals surface area contributed by atoms with Crippen LogP contribution in [-0.4, -0.2) is 43.4 Å². The van der Waals surface area contributed by atoms with E-state index in [0.717, 1.165) is 16.7 Å². The Morgan fingerprint density at radius 1 is 0.957 bits per heavy atom. The maximum absolute atomic E-state index is 14.2. The number of nitrogens with zero attached hydrogens (tertiary/aromatic N) is 2. The molecular formula is C36H36N2O7S. The molecule has 9 nitrogen and oxygen atoms in total. The highest BCUT2D eigenvalue weighted by Gasteiger charge is 2.35. The predicted octanol–water partition coefficient (Wildman–Crippen LogP) is 5.01. The molecule has 4 aromatic rings. The third kappa shape index (κ3) is 6.82. The van der Waals surface area contributed by atoms with Crippen LogP contribution in [0.2, 0.25) is 0 Å². The number of methoxy groups -OCH3 is 1. The zero-order valence-corrected chi connectivity index (χ0v) is 27.3. The van der Waals surface area contributed by atoms with Crippen LogP contribution in [0.1, 0.15) is 61.9 Å². The second-order valence-electron chi connectivity index (χ2n) is 10.8. The molecule has 0 fully saturated rings. The first kappa shape index (κ1) is 32.4. The minimum Gasteiger partial charge on any atom is -0.493 e. The minimum atomic E-state index is -0.762. The van der Waals surface area contributed by atoms with Crippen LogP contribution < -0.4 is 24.4 Å². The number of aromatic nitrogens is 1. The van der Waals surface area contributed by atoms with Crippen LogP contribution in [0.3, 0.4) is 0 Å². The van der Waals surface area contributed by atoms with Crippen molar-refractivity contribution < 1.29 is 28.5 Å². The molecule has 0 saturated carbocycles. The maximum atomic E-state index is 14.2. The number of ether oxygens (including phenoxy) is 4. The monoisotopic (exact) mass is 640 g/mol. The van der Waals surface area contributed by atoms with Crippen LogP contribution in [-0.2, 0) is 19.1 Å². The van der Waals surface area contributed by atoms with E-state index in [0.29, 0.717) is 43.6 Å². The van der Waals surface area contributed by atoms with Crippen molar-refractivity contribution in [1.82, 2.24) is 4.57 Å². The zero-order valence-electron chi connectivity index (χ0n) is 26.4. The lowest BCUT2D eigenvalue weighted by atomic mass is 9.91. The number of carbonyl (C=O) groups excluding carboxylic acids is 2. The smallest absolute Gasteiger partial charge is 0.344 e. The van der Waals surface area contributed by atoms with Crippen LogP contribution in [0, 0.1) is 0 Å². The standard InChI is InChI=1S/C36H36N2O7S/c1-6-43-30(39)21-45-27-18-13-23(19-28(27)42-5)20-29-34(40)38-33(26-16-14-24(15-17-26)22(3)4)31(35(41)44-7-2)32(37-36(38)46-29)25-11-9-8-10-12-25/h8-20,22,33H,6-7,21H2,1-5H3/b29-20-/t33-/m1/s1. The van der Waals surface area contributed by atoms with Crippen molar-refractivity contribution in [1.29, 1.82) is 0 Å². The average molecular weight is 641 g/mol. The van der Waals surface area contributed by atoms with Crippen LogP contribution in [0.4, 0.5) is 0 Å². The number of esters is 2. The first-order valence-electron chi connectivity index (χ1n) is 15.1. The highest BCUT2D eigenvalue weighted by Crippen LogP contribution is 2.36. The third-order valence-electron chi connectivity index (χ3n) is 7.43. The molecule has 2 heterocycles. The van der Waals surface area contributed by atoms with Gasteiger partial charge >= 0.3 is 11.9 Å². The SMILES string of the molecule is CCOC(=O)COc1ccc(/C=c2\sc3n(c2=O)[C@H](c2ccc(C(C)C)cc2)C(C(=O)OCC)=C(c2ccccc2)N=3)cc1OC. The van der Waals surface area contributed by atoms with E-state index in [1.54, 1.807) is 42.7 Å². The molecule has 10 heteroatoms. The fourth-order valence-corrected chi connectivity index (χ4v) is 6.20. The van der Waals surface area contributed by atoms with Gasteiger partial charge in [0.1, 0.15) is 0 Å². The zero-order chi connectivity index (χ0) is 32.8. The second kappa shape index (κ2) is 14.4. The molecule has 0 bridgehead atoms. The summed E-state index contributed by atoms with van der Waals surface area (Å²) in [6.45, 7) is 7.88. The molecule has 238 valence electrons. The molecule has 1 aromatic heterocycles. The van der Waals surface area contributed by atoms with Gasteiger partial charge in [0.2, 0.25) is 0 Å². The number of rotatable bonds is 11. The summed E-state index contributed by atoms with van der Waals surface area (Å²) in [5.41, 5.74) is 3.81. The first-order chi connectivity index (χ1) is 22.2. The number of carbonyl (C=O) groups is 2. The van der Waals surface area contributed by atoms with Gasteiger partial charge in [-0.1, -0.05) is 85.8 Å². The normalized spacial score (nSPS) is 14.5. The summed E-state index contributed by atoms with van der Waals surface area (Å²) >= 11 is 1.23. The van der Waals surface area contributed by atoms with Gasteiger partial charge in [-0.15, -0.1) is 0 Å². The van der Waals surface area contributed by atoms with Gasteiger partial charge < -0.3 is 18.9 Å². The van der Waals surface area contributed by atoms with Gasteiger partial charge in [-0.25, -0.2) is 14.6 Å². The van der Waals surface area contributed by atoms with E-state index in [1.807, 2.05) is 54.6 Å². The average Bonchev–Trinajstić information content (AvgIpc) is 3.37. The van der Waals surface area contributed by atoms with Gasteiger partial charge in [0.25, 0.3) is 5.56 Å². The van der Waals surface area contributed by atoms with Crippen molar-refractivity contribution in [3.63, 3.8) is 0 Å². The summed E-state index contributed by atoms with van der Waals surface area (Å²) < 4.78 is 23.6. The highest BCUT2D eigenvalue weighted by atomic mass is 32.1. The Labute approximate surface area is 271 Å². The number of hydrogen-bond acceptors (Lipinski definition) is 9. The van der Waals surface area contributed by atoms with Crippen molar-refractivity contribution in [3.05, 3.63) is 120 Å². The van der Waals surface area contributed by atoms with E-state index in [2.05, 4.69) is 13.8 Å². The van der Waals surface area contributed by atoms with E-state index >= 15 is 0 Å². The second-order valence-corrected chi connectivity index (χ2v) is 11.8. The van der Waals surface area contributed by atoms with Crippen molar-refractivity contribution in [2.45, 2.75) is 39.7 Å². The quantitative estimate of drug-likeness (QED) is 0.212. The van der Waals surface area contributed by atoms with E-state index in [4.69, 9.17) is 23.9 Å². The molecule has 0 saturated heterocycles. The predicted molar refractivity (Wildman–Crippen MR) is 177 cm³/mol. The van der Waals surface area contributed by atoms with Crippen LogP contribution in [0.15, 0.2) is 88.2 Å². The summed E-state index contributed by atoms with van der Waals surface area (Å²) in [5, 5.41) is 0. The summed E-state index contributed by atoms with van der Waals surface area (Å²) in [6.07, 6.45) is 1.75. The molecule has 0 aliphatic carbocycles. The molecule has 3 aromatic carbocycles. The Hall–Kier alpha value is -4.96. The summed E-state index contributed by atoms with van der Waals surface area (Å²) in [4.78, 5) is 45.0. The largest absolute Gasteiger partial charge is 0.493 e. The molecular weight excluding hydrogens is 604 g/mol. The number of benzene rings is 3. The fraction of sp³-hybridized carbons (Fsp3) is 0.278. The lowest BCUT2D eigenvalue weighted by Gasteiger charge is -2.26. The van der Waals surface area contributed by atoms with Crippen LogP contribution >= 0.6 is 11.3 Å². The van der Waals surface area contributed by atoms with Gasteiger partial charge in [0, 0.05) is 5.56 Å². The summed E-state index contributed by atoms with van der Waals surface area (Å²) in [6, 6.07) is 21.8. The van der Waals surface area contributed by atoms with Gasteiger partial charge in [0.05, 0.1) is 42.2 Å². The van der Waals surface area contributed by atoms with Crippen molar-refractivity contribution in [2.75, 3.05) is 26.9 Å². The third-order valence-corrected chi connectivity index (χ3v) is 8.41. The van der Waals surface area contributed by atoms with Crippen LogP contribution in [0.5, 0.6) is 11.5 Å². The lowest BCUT2D eigenvalue weighted by Crippen LogP contribution is -2.40. The molecule has 0 amide bonds. The van der Waals surface area contributed by atoms with Crippen molar-refractivity contribution in [3.8, 4) is 11.5 Å². The Morgan fingerprint density at radius 2 is 1.67 bits per heavy atom. The molecule has 0 radical (unpaired) electrons. The lowest BCUT2D eigenvalue weighted by molar-refractivity contribution is -0.145. The fourth-order valence-electron chi connectivity index (χ4n) is 5.20. The Balaban J connectivity index is 1.67. The number of thiazole rings is 1. The number of fused-ring (bicyclic) bond motifs is 1. The maximum Gasteiger partial charge on any atom is 0.344 e. The van der Waals surface area contributed by atoms with Crippen LogP contribution in [0.25, 0.3) is 11.8 Å². The molecule has 5 rings (SSSR count). The molecule has 1 aliphatic heterocycles.